The van der Waals surface area contributed by atoms with Crippen molar-refractivity contribution in [1.29, 1.82) is 0 Å². The second kappa shape index (κ2) is 4.24. The predicted molar refractivity (Wildman–Crippen MR) is 67.5 cm³/mol. The molecule has 0 aliphatic carbocycles. The third kappa shape index (κ3) is 2.01. The number of aryl methyl sites for hydroxylation is 1. The Labute approximate surface area is 105 Å². The van der Waals surface area contributed by atoms with Crippen LogP contribution < -0.4 is 0 Å². The van der Waals surface area contributed by atoms with Crippen LogP contribution in [0.2, 0.25) is 5.28 Å². The van der Waals surface area contributed by atoms with Crippen LogP contribution in [0.1, 0.15) is 23.6 Å². The number of hydrogen-bond donors (Lipinski definition) is 0. The molecule has 1 aliphatic rings. The number of ether oxygens (including phenoxy) is 1. The molecule has 1 aliphatic heterocycles. The molecule has 0 saturated carbocycles. The molecule has 2 aromatic rings. The second-order valence-corrected chi connectivity index (χ2v) is 4.80. The highest BCUT2D eigenvalue weighted by Gasteiger charge is 2.22. The van der Waals surface area contributed by atoms with Crippen LogP contribution >= 0.6 is 11.6 Å². The maximum Gasteiger partial charge on any atom is 0.223 e. The molecular weight excluding hydrogens is 236 g/mol. The minimum Gasteiger partial charge on any atom is -0.381 e. The zero-order valence-electron chi connectivity index (χ0n) is 9.61. The van der Waals surface area contributed by atoms with Crippen molar-refractivity contribution in [1.82, 2.24) is 9.97 Å². The van der Waals surface area contributed by atoms with Crippen molar-refractivity contribution in [2.45, 2.75) is 19.3 Å². The van der Waals surface area contributed by atoms with E-state index in [1.807, 2.05) is 12.1 Å². The molecule has 0 radical (unpaired) electrons. The van der Waals surface area contributed by atoms with Crippen molar-refractivity contribution in [2.75, 3.05) is 13.2 Å². The van der Waals surface area contributed by atoms with Crippen molar-refractivity contribution in [3.8, 4) is 0 Å². The molecule has 3 nitrogen and oxygen atoms in total. The first-order chi connectivity index (χ1) is 8.24. The van der Waals surface area contributed by atoms with E-state index in [2.05, 4.69) is 23.0 Å². The van der Waals surface area contributed by atoms with Gasteiger partial charge in [-0.25, -0.2) is 9.97 Å². The summed E-state index contributed by atoms with van der Waals surface area (Å²) in [5.74, 6) is 0.347. The number of halogens is 1. The lowest BCUT2D eigenvalue weighted by atomic mass is 9.99. The highest BCUT2D eigenvalue weighted by atomic mass is 35.5. The van der Waals surface area contributed by atoms with Crippen LogP contribution in [-0.4, -0.2) is 23.2 Å². The zero-order valence-corrected chi connectivity index (χ0v) is 10.4. The third-order valence-corrected chi connectivity index (χ3v) is 3.34. The SMILES string of the molecule is Cc1ccc2nc(Cl)nc(C3CCOC3)c2c1. The van der Waals surface area contributed by atoms with Crippen LogP contribution in [-0.2, 0) is 4.74 Å². The van der Waals surface area contributed by atoms with Gasteiger partial charge in [0.05, 0.1) is 17.8 Å². The van der Waals surface area contributed by atoms with Gasteiger partial charge in [-0.3, -0.25) is 0 Å². The van der Waals surface area contributed by atoms with Gasteiger partial charge in [-0.05, 0) is 37.1 Å². The Bertz CT molecular complexity index is 565. The lowest BCUT2D eigenvalue weighted by molar-refractivity contribution is 0.193. The van der Waals surface area contributed by atoms with Crippen LogP contribution in [0.3, 0.4) is 0 Å². The van der Waals surface area contributed by atoms with Gasteiger partial charge in [0.1, 0.15) is 0 Å². The molecule has 2 heterocycles. The average Bonchev–Trinajstić information content (AvgIpc) is 2.82. The zero-order chi connectivity index (χ0) is 11.8. The van der Waals surface area contributed by atoms with Gasteiger partial charge in [-0.2, -0.15) is 0 Å². The Balaban J connectivity index is 2.23. The van der Waals surface area contributed by atoms with Gasteiger partial charge in [-0.1, -0.05) is 11.6 Å². The molecule has 0 bridgehead atoms. The largest absolute Gasteiger partial charge is 0.381 e. The molecule has 17 heavy (non-hydrogen) atoms. The number of rotatable bonds is 1. The van der Waals surface area contributed by atoms with E-state index in [0.29, 0.717) is 11.2 Å². The van der Waals surface area contributed by atoms with Crippen molar-refractivity contribution in [3.63, 3.8) is 0 Å². The molecule has 1 aromatic carbocycles. The fourth-order valence-electron chi connectivity index (χ4n) is 2.30. The quantitative estimate of drug-likeness (QED) is 0.728. The van der Waals surface area contributed by atoms with Gasteiger partial charge in [0.2, 0.25) is 5.28 Å². The molecule has 3 rings (SSSR count). The Morgan fingerprint density at radius 3 is 3.00 bits per heavy atom. The smallest absolute Gasteiger partial charge is 0.223 e. The number of fused-ring (bicyclic) bond motifs is 1. The molecule has 1 fully saturated rings. The first kappa shape index (κ1) is 10.9. The van der Waals surface area contributed by atoms with Gasteiger partial charge in [0.15, 0.2) is 0 Å². The fourth-order valence-corrected chi connectivity index (χ4v) is 2.48. The average molecular weight is 249 g/mol. The van der Waals surface area contributed by atoms with Gasteiger partial charge in [0, 0.05) is 17.9 Å². The maximum atomic E-state index is 5.98. The number of nitrogens with zero attached hydrogens (tertiary/aromatic N) is 2. The highest BCUT2D eigenvalue weighted by molar-refractivity contribution is 6.28. The summed E-state index contributed by atoms with van der Waals surface area (Å²) < 4.78 is 5.43. The maximum absolute atomic E-state index is 5.98. The Morgan fingerprint density at radius 2 is 2.24 bits per heavy atom. The van der Waals surface area contributed by atoms with E-state index in [9.17, 15) is 0 Å². The summed E-state index contributed by atoms with van der Waals surface area (Å²) in [6.45, 7) is 3.61. The van der Waals surface area contributed by atoms with E-state index in [-0.39, 0.29) is 0 Å². The molecule has 0 N–H and O–H groups in total. The normalized spacial score (nSPS) is 20.0. The van der Waals surface area contributed by atoms with Gasteiger partial charge >= 0.3 is 0 Å². The Hall–Kier alpha value is -1.19. The molecule has 1 aromatic heterocycles. The first-order valence-corrected chi connectivity index (χ1v) is 6.13. The Kier molecular flexibility index (Phi) is 2.73. The standard InChI is InChI=1S/C13H13ClN2O/c1-8-2-3-11-10(6-8)12(16-13(14)15-11)9-4-5-17-7-9/h2-3,6,9H,4-5,7H2,1H3. The van der Waals surface area contributed by atoms with Crippen LogP contribution in [0.4, 0.5) is 0 Å². The summed E-state index contributed by atoms with van der Waals surface area (Å²) in [6, 6.07) is 6.16. The summed E-state index contributed by atoms with van der Waals surface area (Å²) in [5, 5.41) is 1.42. The summed E-state index contributed by atoms with van der Waals surface area (Å²) in [6.07, 6.45) is 1.01. The molecule has 1 unspecified atom stereocenters. The van der Waals surface area contributed by atoms with Crippen LogP contribution in [0.15, 0.2) is 18.2 Å². The molecule has 1 saturated heterocycles. The van der Waals surface area contributed by atoms with E-state index in [1.165, 1.54) is 5.56 Å². The van der Waals surface area contributed by atoms with E-state index in [0.717, 1.165) is 36.2 Å². The monoisotopic (exact) mass is 248 g/mol. The summed E-state index contributed by atoms with van der Waals surface area (Å²) >= 11 is 5.98. The van der Waals surface area contributed by atoms with Crippen LogP contribution in [0, 0.1) is 6.92 Å². The molecule has 0 spiro atoms. The summed E-state index contributed by atoms with van der Waals surface area (Å²) in [7, 11) is 0. The Morgan fingerprint density at radius 1 is 1.35 bits per heavy atom. The highest BCUT2D eigenvalue weighted by Crippen LogP contribution is 2.30. The molecule has 4 heteroatoms. The number of aromatic nitrogens is 2. The van der Waals surface area contributed by atoms with Gasteiger partial charge in [-0.15, -0.1) is 0 Å². The number of benzene rings is 1. The summed E-state index contributed by atoms with van der Waals surface area (Å²) in [4.78, 5) is 8.66. The van der Waals surface area contributed by atoms with Crippen molar-refractivity contribution >= 4 is 22.5 Å². The van der Waals surface area contributed by atoms with E-state index in [4.69, 9.17) is 16.3 Å². The summed E-state index contributed by atoms with van der Waals surface area (Å²) in [5.41, 5.74) is 3.15. The first-order valence-electron chi connectivity index (χ1n) is 5.75. The van der Waals surface area contributed by atoms with Crippen LogP contribution in [0.25, 0.3) is 10.9 Å². The minimum absolute atomic E-state index is 0.322. The third-order valence-electron chi connectivity index (χ3n) is 3.17. The minimum atomic E-state index is 0.322. The lowest BCUT2D eigenvalue weighted by Crippen LogP contribution is -2.03. The molecular formula is C13H13ClN2O. The second-order valence-electron chi connectivity index (χ2n) is 4.46. The molecule has 0 amide bonds. The van der Waals surface area contributed by atoms with Crippen LogP contribution in [0.5, 0.6) is 0 Å². The van der Waals surface area contributed by atoms with Crippen molar-refractivity contribution in [2.24, 2.45) is 0 Å². The number of hydrogen-bond acceptors (Lipinski definition) is 3. The molecule has 88 valence electrons. The van der Waals surface area contributed by atoms with Gasteiger partial charge in [0.25, 0.3) is 0 Å². The van der Waals surface area contributed by atoms with E-state index < -0.39 is 0 Å². The lowest BCUT2D eigenvalue weighted by Gasteiger charge is -2.11. The fraction of sp³-hybridized carbons (Fsp3) is 0.385. The van der Waals surface area contributed by atoms with E-state index >= 15 is 0 Å². The van der Waals surface area contributed by atoms with Gasteiger partial charge < -0.3 is 4.74 Å². The predicted octanol–water partition coefficient (Wildman–Crippen LogP) is 3.10. The van der Waals surface area contributed by atoms with Crippen molar-refractivity contribution < 1.29 is 4.74 Å². The topological polar surface area (TPSA) is 35.0 Å². The molecule has 1 atom stereocenters. The van der Waals surface area contributed by atoms with Crippen molar-refractivity contribution in [3.05, 3.63) is 34.7 Å². The van der Waals surface area contributed by atoms with E-state index in [1.54, 1.807) is 0 Å².